The molecule has 0 aliphatic rings. The third kappa shape index (κ3) is 5.13. The third-order valence-electron chi connectivity index (χ3n) is 5.71. The van der Waals surface area contributed by atoms with Gasteiger partial charge in [-0.2, -0.15) is 0 Å². The number of aromatic carboxylic acids is 1. The van der Waals surface area contributed by atoms with Crippen LogP contribution in [0.2, 0.25) is 0 Å². The SMILES string of the molecule is O=C(Cc1nc2c(-c3ccccc3)cc(-c3ccccc3)cc2s1)NCc1cccc(C(=O)O)c1. The molecule has 1 amide bonds. The van der Waals surface area contributed by atoms with E-state index in [-0.39, 0.29) is 24.4 Å². The molecule has 4 aromatic carbocycles. The number of rotatable bonds is 7. The van der Waals surface area contributed by atoms with Gasteiger partial charge in [0.25, 0.3) is 0 Å². The second-order valence-electron chi connectivity index (χ2n) is 8.17. The van der Waals surface area contributed by atoms with Gasteiger partial charge in [-0.1, -0.05) is 72.8 Å². The van der Waals surface area contributed by atoms with Crippen molar-refractivity contribution in [2.24, 2.45) is 0 Å². The minimum atomic E-state index is -0.989. The van der Waals surface area contributed by atoms with E-state index in [1.165, 1.54) is 17.4 Å². The number of nitrogens with zero attached hydrogens (tertiary/aromatic N) is 1. The molecular formula is C29H22N2O3S. The summed E-state index contributed by atoms with van der Waals surface area (Å²) in [5.74, 6) is -1.15. The van der Waals surface area contributed by atoms with Gasteiger partial charge in [0, 0.05) is 12.1 Å². The van der Waals surface area contributed by atoms with Crippen LogP contribution in [-0.4, -0.2) is 22.0 Å². The zero-order valence-electron chi connectivity index (χ0n) is 18.8. The lowest BCUT2D eigenvalue weighted by molar-refractivity contribution is -0.120. The van der Waals surface area contributed by atoms with Crippen LogP contribution in [0.15, 0.2) is 97.1 Å². The number of thiazole rings is 1. The van der Waals surface area contributed by atoms with Gasteiger partial charge < -0.3 is 10.4 Å². The molecule has 5 nitrogen and oxygen atoms in total. The topological polar surface area (TPSA) is 79.3 Å². The van der Waals surface area contributed by atoms with E-state index in [2.05, 4.69) is 41.7 Å². The average Bonchev–Trinajstić information content (AvgIpc) is 3.30. The molecule has 0 spiro atoms. The highest BCUT2D eigenvalue weighted by Crippen LogP contribution is 2.36. The van der Waals surface area contributed by atoms with E-state index in [1.807, 2.05) is 36.4 Å². The fourth-order valence-electron chi connectivity index (χ4n) is 4.00. The first-order valence-electron chi connectivity index (χ1n) is 11.2. The standard InChI is InChI=1S/C29H22N2O3S/c32-26(30-18-19-8-7-13-22(14-19)29(33)34)17-27-31-28-24(21-11-5-2-6-12-21)15-23(16-25(28)35-27)20-9-3-1-4-10-20/h1-16H,17-18H2,(H,30,32)(H,33,34). The van der Waals surface area contributed by atoms with Crippen LogP contribution in [0.25, 0.3) is 32.5 Å². The first-order chi connectivity index (χ1) is 17.1. The summed E-state index contributed by atoms with van der Waals surface area (Å²) < 4.78 is 1.03. The van der Waals surface area contributed by atoms with Crippen LogP contribution in [0, 0.1) is 0 Å². The summed E-state index contributed by atoms with van der Waals surface area (Å²) in [6, 6.07) is 31.2. The molecule has 1 heterocycles. The van der Waals surface area contributed by atoms with Gasteiger partial charge in [-0.05, 0) is 46.5 Å². The number of carboxylic acid groups (broad SMARTS) is 1. The van der Waals surface area contributed by atoms with Crippen molar-refractivity contribution in [3.63, 3.8) is 0 Å². The summed E-state index contributed by atoms with van der Waals surface area (Å²) in [5, 5.41) is 12.8. The smallest absolute Gasteiger partial charge is 0.335 e. The fourth-order valence-corrected chi connectivity index (χ4v) is 5.03. The predicted molar refractivity (Wildman–Crippen MR) is 139 cm³/mol. The molecule has 0 saturated carbocycles. The summed E-state index contributed by atoms with van der Waals surface area (Å²) in [5.41, 5.74) is 6.17. The van der Waals surface area contributed by atoms with Gasteiger partial charge in [-0.25, -0.2) is 9.78 Å². The molecule has 0 bridgehead atoms. The molecule has 0 saturated heterocycles. The molecule has 0 aliphatic heterocycles. The van der Waals surface area contributed by atoms with Crippen molar-refractivity contribution >= 4 is 33.4 Å². The van der Waals surface area contributed by atoms with Crippen molar-refractivity contribution in [2.45, 2.75) is 13.0 Å². The molecule has 6 heteroatoms. The number of fused-ring (bicyclic) bond motifs is 1. The van der Waals surface area contributed by atoms with Crippen molar-refractivity contribution in [1.82, 2.24) is 10.3 Å². The molecule has 0 unspecified atom stereocenters. The van der Waals surface area contributed by atoms with E-state index in [9.17, 15) is 9.59 Å². The molecule has 35 heavy (non-hydrogen) atoms. The molecule has 0 radical (unpaired) electrons. The largest absolute Gasteiger partial charge is 0.478 e. The van der Waals surface area contributed by atoms with E-state index in [1.54, 1.807) is 18.2 Å². The van der Waals surface area contributed by atoms with Crippen molar-refractivity contribution in [3.05, 3.63) is 113 Å². The van der Waals surface area contributed by atoms with Crippen LogP contribution in [-0.2, 0) is 17.8 Å². The number of hydrogen-bond acceptors (Lipinski definition) is 4. The predicted octanol–water partition coefficient (Wildman–Crippen LogP) is 6.19. The van der Waals surface area contributed by atoms with Crippen molar-refractivity contribution in [3.8, 4) is 22.3 Å². The van der Waals surface area contributed by atoms with Gasteiger partial charge in [0.05, 0.1) is 22.2 Å². The Bertz CT molecular complexity index is 1510. The molecule has 5 aromatic rings. The summed E-state index contributed by atoms with van der Waals surface area (Å²) in [6.45, 7) is 0.262. The summed E-state index contributed by atoms with van der Waals surface area (Å²) >= 11 is 1.52. The number of aromatic nitrogens is 1. The van der Waals surface area contributed by atoms with Crippen LogP contribution < -0.4 is 5.32 Å². The number of carbonyl (C=O) groups is 2. The lowest BCUT2D eigenvalue weighted by Gasteiger charge is -2.07. The van der Waals surface area contributed by atoms with Gasteiger partial charge in [-0.3, -0.25) is 4.79 Å². The van der Waals surface area contributed by atoms with E-state index in [4.69, 9.17) is 10.1 Å². The lowest BCUT2D eigenvalue weighted by Crippen LogP contribution is -2.24. The Morgan fingerprint density at radius 1 is 0.800 bits per heavy atom. The lowest BCUT2D eigenvalue weighted by atomic mass is 9.98. The van der Waals surface area contributed by atoms with Crippen molar-refractivity contribution in [1.29, 1.82) is 0 Å². The molecule has 0 aliphatic carbocycles. The number of amides is 1. The summed E-state index contributed by atoms with van der Waals surface area (Å²) in [7, 11) is 0. The Hall–Kier alpha value is -4.29. The highest BCUT2D eigenvalue weighted by molar-refractivity contribution is 7.18. The molecule has 2 N–H and O–H groups in total. The van der Waals surface area contributed by atoms with Crippen LogP contribution in [0.4, 0.5) is 0 Å². The van der Waals surface area contributed by atoms with Crippen molar-refractivity contribution < 1.29 is 14.7 Å². The van der Waals surface area contributed by atoms with E-state index >= 15 is 0 Å². The van der Waals surface area contributed by atoms with Gasteiger partial charge in [-0.15, -0.1) is 11.3 Å². The molecule has 0 fully saturated rings. The minimum absolute atomic E-state index is 0.158. The van der Waals surface area contributed by atoms with Gasteiger partial charge in [0.1, 0.15) is 5.01 Å². The normalized spacial score (nSPS) is 10.9. The number of nitrogens with one attached hydrogen (secondary N) is 1. The van der Waals surface area contributed by atoms with Crippen molar-refractivity contribution in [2.75, 3.05) is 0 Å². The second-order valence-corrected chi connectivity index (χ2v) is 9.28. The Labute approximate surface area is 206 Å². The van der Waals surface area contributed by atoms with Crippen LogP contribution in [0.5, 0.6) is 0 Å². The maximum absolute atomic E-state index is 12.7. The van der Waals surface area contributed by atoms with Gasteiger partial charge in [0.15, 0.2) is 0 Å². The maximum atomic E-state index is 12.7. The number of hydrogen-bond donors (Lipinski definition) is 2. The molecule has 1 aromatic heterocycles. The zero-order chi connectivity index (χ0) is 24.2. The number of carbonyl (C=O) groups excluding carboxylic acids is 1. The quantitative estimate of drug-likeness (QED) is 0.292. The maximum Gasteiger partial charge on any atom is 0.335 e. The zero-order valence-corrected chi connectivity index (χ0v) is 19.6. The highest BCUT2D eigenvalue weighted by Gasteiger charge is 2.15. The molecule has 5 rings (SSSR count). The van der Waals surface area contributed by atoms with Crippen LogP contribution >= 0.6 is 11.3 Å². The Kier molecular flexibility index (Phi) is 6.37. The van der Waals surface area contributed by atoms with Crippen LogP contribution in [0.1, 0.15) is 20.9 Å². The van der Waals surface area contributed by atoms with E-state index in [0.29, 0.717) is 0 Å². The number of carboxylic acids is 1. The van der Waals surface area contributed by atoms with Gasteiger partial charge >= 0.3 is 5.97 Å². The van der Waals surface area contributed by atoms with Crippen LogP contribution in [0.3, 0.4) is 0 Å². The first-order valence-corrected chi connectivity index (χ1v) is 12.0. The Morgan fingerprint density at radius 2 is 1.51 bits per heavy atom. The third-order valence-corrected chi connectivity index (χ3v) is 6.71. The fraction of sp³-hybridized carbons (Fsp3) is 0.0690. The Morgan fingerprint density at radius 3 is 2.23 bits per heavy atom. The monoisotopic (exact) mass is 478 g/mol. The molecule has 0 atom stereocenters. The molecular weight excluding hydrogens is 456 g/mol. The second kappa shape index (κ2) is 9.91. The summed E-state index contributed by atoms with van der Waals surface area (Å²) in [6.07, 6.45) is 0.160. The van der Waals surface area contributed by atoms with E-state index < -0.39 is 5.97 Å². The highest BCUT2D eigenvalue weighted by atomic mass is 32.1. The van der Waals surface area contributed by atoms with Gasteiger partial charge in [0.2, 0.25) is 5.91 Å². The number of benzene rings is 4. The average molecular weight is 479 g/mol. The first kappa shape index (κ1) is 22.5. The molecule has 172 valence electrons. The minimum Gasteiger partial charge on any atom is -0.478 e. The Balaban J connectivity index is 1.42. The summed E-state index contributed by atoms with van der Waals surface area (Å²) in [4.78, 5) is 28.7. The van der Waals surface area contributed by atoms with E-state index in [0.717, 1.165) is 43.0 Å².